The van der Waals surface area contributed by atoms with Gasteiger partial charge in [0.1, 0.15) is 11.7 Å². The maximum absolute atomic E-state index is 13.8. The molecule has 0 bridgehead atoms. The Labute approximate surface area is 152 Å². The van der Waals surface area contributed by atoms with Gasteiger partial charge in [-0.1, -0.05) is 24.3 Å². The topological polar surface area (TPSA) is 58.2 Å². The van der Waals surface area contributed by atoms with Crippen LogP contribution in [0.3, 0.4) is 0 Å². The first-order valence-corrected chi connectivity index (χ1v) is 8.27. The highest BCUT2D eigenvalue weighted by Crippen LogP contribution is 2.35. The number of nitrogens with one attached hydrogen (secondary N) is 2. The third-order valence-corrected chi connectivity index (χ3v) is 4.52. The molecule has 3 rings (SSSR count). The zero-order chi connectivity index (χ0) is 19.6. The lowest BCUT2D eigenvalue weighted by Gasteiger charge is -2.30. The van der Waals surface area contributed by atoms with Crippen molar-refractivity contribution in [3.63, 3.8) is 0 Å². The lowest BCUT2D eigenvalue weighted by molar-refractivity contribution is -0.138. The molecule has 2 amide bonds. The number of hydrogen-bond acceptors (Lipinski definition) is 2. The summed E-state index contributed by atoms with van der Waals surface area (Å²) in [5.74, 6) is -3.67. The molecule has 4 nitrogen and oxygen atoms in total. The number of anilines is 1. The first-order valence-electron chi connectivity index (χ1n) is 8.27. The van der Waals surface area contributed by atoms with Crippen LogP contribution in [0.2, 0.25) is 0 Å². The summed E-state index contributed by atoms with van der Waals surface area (Å²) in [6, 6.07) is 9.92. The number of amides is 2. The molecular weight excluding hydrogens is 364 g/mol. The molecule has 1 saturated heterocycles. The normalized spacial score (nSPS) is 20.1. The maximum Gasteiger partial charge on any atom is 0.416 e. The monoisotopic (exact) mass is 380 g/mol. The fourth-order valence-electron chi connectivity index (χ4n) is 3.16. The highest BCUT2D eigenvalue weighted by molar-refractivity contribution is 6.07. The molecule has 0 aliphatic carbocycles. The molecule has 2 atom stereocenters. The van der Waals surface area contributed by atoms with Gasteiger partial charge in [0.05, 0.1) is 11.3 Å². The van der Waals surface area contributed by atoms with E-state index in [1.165, 1.54) is 36.4 Å². The van der Waals surface area contributed by atoms with Crippen molar-refractivity contribution in [2.24, 2.45) is 5.92 Å². The van der Waals surface area contributed by atoms with Crippen molar-refractivity contribution in [1.29, 1.82) is 0 Å². The third kappa shape index (κ3) is 4.10. The van der Waals surface area contributed by atoms with Gasteiger partial charge in [-0.15, -0.1) is 0 Å². The molecule has 27 heavy (non-hydrogen) atoms. The summed E-state index contributed by atoms with van der Waals surface area (Å²) in [5, 5.41) is 4.97. The van der Waals surface area contributed by atoms with E-state index in [4.69, 9.17) is 0 Å². The van der Waals surface area contributed by atoms with Gasteiger partial charge < -0.3 is 10.6 Å². The molecule has 1 fully saturated rings. The van der Waals surface area contributed by atoms with Crippen molar-refractivity contribution < 1.29 is 27.2 Å². The minimum atomic E-state index is -4.47. The Balaban J connectivity index is 1.86. The van der Waals surface area contributed by atoms with E-state index < -0.39 is 41.2 Å². The molecule has 1 heterocycles. The van der Waals surface area contributed by atoms with Crippen LogP contribution in [0.1, 0.15) is 23.5 Å². The van der Waals surface area contributed by atoms with Crippen molar-refractivity contribution in [2.45, 2.75) is 18.5 Å². The molecule has 0 radical (unpaired) electrons. The Morgan fingerprint density at radius 3 is 2.37 bits per heavy atom. The summed E-state index contributed by atoms with van der Waals surface area (Å²) in [6.07, 6.45) is -4.09. The van der Waals surface area contributed by atoms with Gasteiger partial charge in [0.2, 0.25) is 11.8 Å². The Morgan fingerprint density at radius 2 is 1.74 bits per heavy atom. The van der Waals surface area contributed by atoms with Crippen molar-refractivity contribution in [2.75, 3.05) is 11.9 Å². The van der Waals surface area contributed by atoms with Gasteiger partial charge in [0.15, 0.2) is 0 Å². The fraction of sp³-hybridized carbons (Fsp3) is 0.263. The SMILES string of the molecule is O=C1NCCC(c2ccc(C(F)(F)F)cc2)C1C(=O)Nc1ccccc1F. The molecular formula is C19H16F4N2O2. The lowest BCUT2D eigenvalue weighted by atomic mass is 9.80. The number of halogens is 4. The van der Waals surface area contributed by atoms with Crippen molar-refractivity contribution in [1.82, 2.24) is 5.32 Å². The van der Waals surface area contributed by atoms with Gasteiger partial charge in [0, 0.05) is 12.5 Å². The molecule has 0 saturated carbocycles. The lowest BCUT2D eigenvalue weighted by Crippen LogP contribution is -2.46. The van der Waals surface area contributed by atoms with Gasteiger partial charge in [0.25, 0.3) is 0 Å². The number of piperidine rings is 1. The third-order valence-electron chi connectivity index (χ3n) is 4.52. The van der Waals surface area contributed by atoms with E-state index >= 15 is 0 Å². The number of alkyl halides is 3. The molecule has 0 aromatic heterocycles. The average molecular weight is 380 g/mol. The molecule has 2 N–H and O–H groups in total. The Bertz CT molecular complexity index is 850. The summed E-state index contributed by atoms with van der Waals surface area (Å²) in [7, 11) is 0. The smallest absolute Gasteiger partial charge is 0.355 e. The molecule has 8 heteroatoms. The Hall–Kier alpha value is -2.90. The van der Waals surface area contributed by atoms with Gasteiger partial charge >= 0.3 is 6.18 Å². The van der Waals surface area contributed by atoms with Gasteiger partial charge in [-0.3, -0.25) is 9.59 Å². The van der Waals surface area contributed by atoms with E-state index in [1.807, 2.05) is 0 Å². The molecule has 142 valence electrons. The Kier molecular flexibility index (Phi) is 5.16. The summed E-state index contributed by atoms with van der Waals surface area (Å²) in [5.41, 5.74) is -0.419. The zero-order valence-corrected chi connectivity index (χ0v) is 14.0. The quantitative estimate of drug-likeness (QED) is 0.630. The van der Waals surface area contributed by atoms with Crippen LogP contribution in [0.4, 0.5) is 23.2 Å². The number of benzene rings is 2. The first-order chi connectivity index (χ1) is 12.8. The van der Waals surface area contributed by atoms with Gasteiger partial charge in [-0.05, 0) is 36.2 Å². The van der Waals surface area contributed by atoms with Crippen molar-refractivity contribution in [3.05, 3.63) is 65.5 Å². The highest BCUT2D eigenvalue weighted by atomic mass is 19.4. The van der Waals surface area contributed by atoms with Crippen molar-refractivity contribution >= 4 is 17.5 Å². The number of rotatable bonds is 3. The zero-order valence-electron chi connectivity index (χ0n) is 14.0. The van der Waals surface area contributed by atoms with E-state index in [1.54, 1.807) is 0 Å². The molecule has 1 aliphatic rings. The second-order valence-corrected chi connectivity index (χ2v) is 6.25. The van der Waals surface area contributed by atoms with Crippen LogP contribution in [0.15, 0.2) is 48.5 Å². The van der Waals surface area contributed by atoms with Crippen LogP contribution in [0.25, 0.3) is 0 Å². The molecule has 2 aromatic carbocycles. The van der Waals surface area contributed by atoms with Crippen LogP contribution in [-0.2, 0) is 15.8 Å². The van der Waals surface area contributed by atoms with Crippen LogP contribution >= 0.6 is 0 Å². The van der Waals surface area contributed by atoms with E-state index in [2.05, 4.69) is 10.6 Å². The molecule has 2 unspecified atom stereocenters. The molecule has 0 spiro atoms. The summed E-state index contributed by atoms with van der Waals surface area (Å²) in [4.78, 5) is 24.9. The first kappa shape index (κ1) is 18.9. The van der Waals surface area contributed by atoms with Crippen LogP contribution in [0, 0.1) is 11.7 Å². The number of carbonyl (C=O) groups excluding carboxylic acids is 2. The number of para-hydroxylation sites is 1. The summed E-state index contributed by atoms with van der Waals surface area (Å²) < 4.78 is 52.0. The summed E-state index contributed by atoms with van der Waals surface area (Å²) >= 11 is 0. The maximum atomic E-state index is 13.8. The second kappa shape index (κ2) is 7.38. The van der Waals surface area contributed by atoms with Crippen LogP contribution < -0.4 is 10.6 Å². The molecule has 1 aliphatic heterocycles. The number of hydrogen-bond donors (Lipinski definition) is 2. The fourth-order valence-corrected chi connectivity index (χ4v) is 3.16. The van der Waals surface area contributed by atoms with Crippen molar-refractivity contribution in [3.8, 4) is 0 Å². The molecule has 2 aromatic rings. The van der Waals surface area contributed by atoms with Gasteiger partial charge in [-0.2, -0.15) is 13.2 Å². The predicted octanol–water partition coefficient (Wildman–Crippen LogP) is 3.70. The second-order valence-electron chi connectivity index (χ2n) is 6.25. The van der Waals surface area contributed by atoms with E-state index in [0.717, 1.165) is 12.1 Å². The predicted molar refractivity (Wildman–Crippen MR) is 90.3 cm³/mol. The Morgan fingerprint density at radius 1 is 1.07 bits per heavy atom. The summed E-state index contributed by atoms with van der Waals surface area (Å²) in [6.45, 7) is 0.300. The van der Waals surface area contributed by atoms with E-state index in [-0.39, 0.29) is 5.69 Å². The van der Waals surface area contributed by atoms with E-state index in [0.29, 0.717) is 18.5 Å². The van der Waals surface area contributed by atoms with Crippen LogP contribution in [0.5, 0.6) is 0 Å². The van der Waals surface area contributed by atoms with Crippen LogP contribution in [-0.4, -0.2) is 18.4 Å². The highest BCUT2D eigenvalue weighted by Gasteiger charge is 2.39. The standard InChI is InChI=1S/C19H16F4N2O2/c20-14-3-1-2-4-15(14)25-18(27)16-13(9-10-24-17(16)26)11-5-7-12(8-6-11)19(21,22)23/h1-8,13,16H,9-10H2,(H,24,26)(H,25,27). The minimum absolute atomic E-state index is 0.0629. The van der Waals surface area contributed by atoms with Gasteiger partial charge in [-0.25, -0.2) is 4.39 Å². The van der Waals surface area contributed by atoms with E-state index in [9.17, 15) is 27.2 Å². The average Bonchev–Trinajstić information content (AvgIpc) is 2.62. The largest absolute Gasteiger partial charge is 0.416 e. The minimum Gasteiger partial charge on any atom is -0.355 e. The number of carbonyl (C=O) groups is 2.